The summed E-state index contributed by atoms with van der Waals surface area (Å²) in [7, 11) is -3.99. The van der Waals surface area contributed by atoms with Crippen LogP contribution in [0.4, 0.5) is 0 Å². The predicted molar refractivity (Wildman–Crippen MR) is 105 cm³/mol. The monoisotopic (exact) mass is 450 g/mol. The maximum atomic E-state index is 10.5. The van der Waals surface area contributed by atoms with Crippen molar-refractivity contribution in [2.24, 2.45) is 0 Å². The van der Waals surface area contributed by atoms with Crippen molar-refractivity contribution in [3.8, 4) is 0 Å². The van der Waals surface area contributed by atoms with Crippen molar-refractivity contribution >= 4 is 25.1 Å². The average Bonchev–Trinajstić information content (AvgIpc) is 2.52. The van der Waals surface area contributed by atoms with E-state index in [1.54, 1.807) is 0 Å². The zero-order chi connectivity index (χ0) is 17.9. The molecule has 0 aliphatic rings. The molecule has 0 rings (SSSR count). The van der Waals surface area contributed by atoms with E-state index < -0.39 is 10.1 Å². The Labute approximate surface area is 186 Å². The van der Waals surface area contributed by atoms with Gasteiger partial charge in [0.05, 0.1) is 0 Å². The Morgan fingerprint density at radius 2 is 1.00 bits per heavy atom. The van der Waals surface area contributed by atoms with Gasteiger partial charge < -0.3 is 0 Å². The first-order chi connectivity index (χ1) is 11.6. The minimum Gasteiger partial charge on any atom is 1.00 e. The summed E-state index contributed by atoms with van der Waals surface area (Å²) in [6.45, 7) is 2.27. The van der Waals surface area contributed by atoms with Crippen LogP contribution in [0, 0.1) is 0 Å². The second-order valence-electron chi connectivity index (χ2n) is 6.82. The minimum atomic E-state index is -3.99. The third-order valence-electron chi connectivity index (χ3n) is 4.33. The van der Waals surface area contributed by atoms with Crippen LogP contribution in [0.25, 0.3) is 0 Å². The molecule has 0 radical (unpaired) electrons. The fourth-order valence-corrected chi connectivity index (χ4v) is 5.76. The van der Waals surface area contributed by atoms with Crippen LogP contribution in [0.3, 0.4) is 0 Å². The topological polar surface area (TPSA) is 57.2 Å². The molecule has 0 aromatic rings. The van der Waals surface area contributed by atoms with Gasteiger partial charge >= 0.3 is 161 Å². The van der Waals surface area contributed by atoms with Crippen LogP contribution in [0.5, 0.6) is 0 Å². The molecule has 0 unspecified atom stereocenters. The largest absolute Gasteiger partial charge is 1.00 e. The van der Waals surface area contributed by atoms with Crippen molar-refractivity contribution in [1.82, 2.24) is 0 Å². The summed E-state index contributed by atoms with van der Waals surface area (Å²) in [5.41, 5.74) is 0. The number of hydrogen-bond donors (Lipinski definition) is 0. The fourth-order valence-electron chi connectivity index (χ4n) is 2.84. The molecule has 0 spiro atoms. The van der Waals surface area contributed by atoms with Crippen molar-refractivity contribution in [3.63, 3.8) is 0 Å². The molecule has 0 aromatic carbocycles. The van der Waals surface area contributed by atoms with E-state index in [9.17, 15) is 13.0 Å². The van der Waals surface area contributed by atoms with E-state index in [1.165, 1.54) is 95.2 Å². The zero-order valence-electron chi connectivity index (χ0n) is 16.8. The molecule has 0 aromatic heterocycles. The molecule has 0 bridgehead atoms. The molecule has 146 valence electrons. The first kappa shape index (κ1) is 28.6. The Bertz CT molecular complexity index is 351. The molecule has 0 amide bonds. The van der Waals surface area contributed by atoms with Gasteiger partial charge in [-0.2, -0.15) is 0 Å². The van der Waals surface area contributed by atoms with Crippen LogP contribution >= 0.6 is 0 Å². The maximum absolute atomic E-state index is 10.5. The molecule has 25 heavy (non-hydrogen) atoms. The SMILES string of the molecule is CCCCCCCCCCCCCCCC[Se]CCCS(=O)(=O)[O-].[Na+]. The zero-order valence-corrected chi connectivity index (χ0v) is 21.3. The van der Waals surface area contributed by atoms with Crippen molar-refractivity contribution in [3.05, 3.63) is 0 Å². The van der Waals surface area contributed by atoms with Crippen molar-refractivity contribution in [2.75, 3.05) is 5.75 Å². The summed E-state index contributed by atoms with van der Waals surface area (Å²) in [5, 5.41) is 2.18. The second kappa shape index (κ2) is 21.7. The van der Waals surface area contributed by atoms with Crippen molar-refractivity contribution < 1.29 is 42.5 Å². The Hall–Kier alpha value is 1.43. The molecule has 0 atom stereocenters. The molecular formula is C19H39NaO3SSe. The van der Waals surface area contributed by atoms with E-state index in [-0.39, 0.29) is 35.3 Å². The molecule has 0 heterocycles. The summed E-state index contributed by atoms with van der Waals surface area (Å²) in [6, 6.07) is 0. The Balaban J connectivity index is 0. The third-order valence-corrected chi connectivity index (χ3v) is 7.54. The maximum Gasteiger partial charge on any atom is 1.00 e. The van der Waals surface area contributed by atoms with Gasteiger partial charge in [0, 0.05) is 0 Å². The van der Waals surface area contributed by atoms with Crippen LogP contribution in [0.15, 0.2) is 0 Å². The first-order valence-electron chi connectivity index (χ1n) is 10.1. The second-order valence-corrected chi connectivity index (χ2v) is 10.9. The average molecular weight is 450 g/mol. The van der Waals surface area contributed by atoms with Gasteiger partial charge in [0.15, 0.2) is 0 Å². The van der Waals surface area contributed by atoms with Crippen LogP contribution in [0.1, 0.15) is 103 Å². The van der Waals surface area contributed by atoms with Crippen LogP contribution in [0.2, 0.25) is 10.6 Å². The number of hydrogen-bond acceptors (Lipinski definition) is 3. The molecule has 0 fully saturated rings. The summed E-state index contributed by atoms with van der Waals surface area (Å²) in [6.07, 6.45) is 20.0. The van der Waals surface area contributed by atoms with E-state index in [2.05, 4.69) is 6.92 Å². The molecule has 0 aliphatic heterocycles. The van der Waals surface area contributed by atoms with Gasteiger partial charge in [-0.05, 0) is 0 Å². The summed E-state index contributed by atoms with van der Waals surface area (Å²) in [5.74, 6) is -0.173. The normalized spacial score (nSPS) is 11.4. The summed E-state index contributed by atoms with van der Waals surface area (Å²) < 4.78 is 31.4. The van der Waals surface area contributed by atoms with Crippen molar-refractivity contribution in [2.45, 2.75) is 114 Å². The molecule has 0 N–H and O–H groups in total. The van der Waals surface area contributed by atoms with Gasteiger partial charge in [-0.1, -0.05) is 26.2 Å². The Morgan fingerprint density at radius 1 is 0.640 bits per heavy atom. The van der Waals surface area contributed by atoms with Crippen LogP contribution < -0.4 is 29.6 Å². The smallest absolute Gasteiger partial charge is 1.00 e. The summed E-state index contributed by atoms with van der Waals surface area (Å²) in [4.78, 5) is 0. The van der Waals surface area contributed by atoms with Gasteiger partial charge in [0.25, 0.3) is 0 Å². The van der Waals surface area contributed by atoms with E-state index >= 15 is 0 Å². The quantitative estimate of drug-likeness (QED) is 0.173. The summed E-state index contributed by atoms with van der Waals surface area (Å²) >= 11 is 0.530. The van der Waals surface area contributed by atoms with E-state index in [4.69, 9.17) is 0 Å². The van der Waals surface area contributed by atoms with Crippen LogP contribution in [-0.2, 0) is 10.1 Å². The number of unbranched alkanes of at least 4 members (excludes halogenated alkanes) is 13. The van der Waals surface area contributed by atoms with E-state index in [1.807, 2.05) is 0 Å². The molecule has 0 saturated heterocycles. The molecule has 0 saturated carbocycles. The Kier molecular flexibility index (Phi) is 24.9. The van der Waals surface area contributed by atoms with Gasteiger partial charge in [-0.3, -0.25) is 0 Å². The standard InChI is InChI=1S/C19H40O3SSe.Na/c1-2-3-4-5-6-7-8-9-10-11-12-13-14-15-18-24-19-16-17-23(20,21)22;/h2-19H2,1H3,(H,20,21,22);/q;+1/p-1. The van der Waals surface area contributed by atoms with Crippen molar-refractivity contribution in [1.29, 1.82) is 0 Å². The molecule has 0 aliphatic carbocycles. The molecular weight excluding hydrogens is 410 g/mol. The van der Waals surface area contributed by atoms with Gasteiger partial charge in [0.2, 0.25) is 0 Å². The van der Waals surface area contributed by atoms with Gasteiger partial charge in [0.1, 0.15) is 0 Å². The number of rotatable bonds is 19. The van der Waals surface area contributed by atoms with Crippen LogP contribution in [-0.4, -0.2) is 33.7 Å². The third kappa shape index (κ3) is 27.7. The fraction of sp³-hybridized carbons (Fsp3) is 1.00. The molecule has 6 heteroatoms. The first-order valence-corrected chi connectivity index (χ1v) is 14.1. The minimum absolute atomic E-state index is 0. The van der Waals surface area contributed by atoms with Gasteiger partial charge in [-0.25, -0.2) is 0 Å². The van der Waals surface area contributed by atoms with E-state index in [0.29, 0.717) is 21.4 Å². The predicted octanol–water partition coefficient (Wildman–Crippen LogP) is 2.95. The Morgan fingerprint density at radius 3 is 1.40 bits per heavy atom. The van der Waals surface area contributed by atoms with E-state index in [0.717, 1.165) is 5.32 Å². The molecule has 3 nitrogen and oxygen atoms in total. The van der Waals surface area contributed by atoms with Gasteiger partial charge in [-0.15, -0.1) is 0 Å².